The number of amides is 1. The van der Waals surface area contributed by atoms with Gasteiger partial charge in [-0.25, -0.2) is 13.2 Å². The Bertz CT molecular complexity index is 787. The highest BCUT2D eigenvalue weighted by atomic mass is 32.2. The molecule has 1 aliphatic heterocycles. The van der Waals surface area contributed by atoms with Crippen molar-refractivity contribution in [3.05, 3.63) is 29.3 Å². The van der Waals surface area contributed by atoms with Crippen molar-refractivity contribution in [3.63, 3.8) is 0 Å². The van der Waals surface area contributed by atoms with Crippen molar-refractivity contribution in [3.8, 4) is 0 Å². The molecule has 2 N–H and O–H groups in total. The smallest absolute Gasteiger partial charge is 0.326 e. The first-order chi connectivity index (χ1) is 12.8. The first kappa shape index (κ1) is 21.3. The highest BCUT2D eigenvalue weighted by molar-refractivity contribution is 7.89. The van der Waals surface area contributed by atoms with Crippen LogP contribution in [0, 0.1) is 6.92 Å². The van der Waals surface area contributed by atoms with Crippen LogP contribution in [0.5, 0.6) is 0 Å². The van der Waals surface area contributed by atoms with Crippen LogP contribution in [0.2, 0.25) is 0 Å². The minimum Gasteiger partial charge on any atom is -0.480 e. The van der Waals surface area contributed by atoms with Gasteiger partial charge in [-0.15, -0.1) is 0 Å². The molecule has 1 fully saturated rings. The number of nitrogens with zero attached hydrogens (tertiary/aromatic N) is 1. The monoisotopic (exact) mass is 398 g/mol. The number of hydrogen-bond donors (Lipinski definition) is 2. The second-order valence-corrected chi connectivity index (χ2v) is 8.41. The molecule has 9 heteroatoms. The number of aryl methyl sites for hydroxylation is 1. The van der Waals surface area contributed by atoms with Gasteiger partial charge in [-0.3, -0.25) is 4.79 Å². The topological polar surface area (TPSA) is 113 Å². The van der Waals surface area contributed by atoms with Crippen molar-refractivity contribution in [1.82, 2.24) is 9.62 Å². The zero-order valence-electron chi connectivity index (χ0n) is 15.6. The quantitative estimate of drug-likeness (QED) is 0.684. The molecule has 0 spiro atoms. The number of ether oxygens (including phenoxy) is 1. The summed E-state index contributed by atoms with van der Waals surface area (Å²) >= 11 is 0. The minimum atomic E-state index is -3.75. The first-order valence-electron chi connectivity index (χ1n) is 8.99. The summed E-state index contributed by atoms with van der Waals surface area (Å²) < 4.78 is 32.3. The lowest BCUT2D eigenvalue weighted by Crippen LogP contribution is -2.41. The summed E-state index contributed by atoms with van der Waals surface area (Å²) in [7, 11) is -3.75. The van der Waals surface area contributed by atoms with Gasteiger partial charge in [-0.2, -0.15) is 4.31 Å². The number of benzene rings is 1. The molecule has 1 aliphatic rings. The molecule has 1 aromatic carbocycles. The second kappa shape index (κ2) is 9.29. The fourth-order valence-corrected chi connectivity index (χ4v) is 4.51. The third kappa shape index (κ3) is 5.27. The highest BCUT2D eigenvalue weighted by Gasteiger charge is 2.29. The van der Waals surface area contributed by atoms with E-state index in [4.69, 9.17) is 4.74 Å². The number of rotatable bonds is 8. The molecule has 0 radical (unpaired) electrons. The number of carboxylic acid groups (broad SMARTS) is 1. The molecule has 27 heavy (non-hydrogen) atoms. The summed E-state index contributed by atoms with van der Waals surface area (Å²) in [6.07, 6.45) is 1.80. The lowest BCUT2D eigenvalue weighted by atomic mass is 10.1. The summed E-state index contributed by atoms with van der Waals surface area (Å²) in [5, 5.41) is 11.7. The van der Waals surface area contributed by atoms with Crippen LogP contribution in [-0.2, 0) is 19.6 Å². The Morgan fingerprint density at radius 2 is 1.96 bits per heavy atom. The van der Waals surface area contributed by atoms with Gasteiger partial charge < -0.3 is 15.2 Å². The van der Waals surface area contributed by atoms with E-state index >= 15 is 0 Å². The molecule has 1 saturated heterocycles. The van der Waals surface area contributed by atoms with Crippen molar-refractivity contribution in [2.24, 2.45) is 0 Å². The third-order valence-corrected chi connectivity index (χ3v) is 6.53. The molecule has 1 heterocycles. The highest BCUT2D eigenvalue weighted by Crippen LogP contribution is 2.22. The van der Waals surface area contributed by atoms with E-state index in [1.807, 2.05) is 6.92 Å². The van der Waals surface area contributed by atoms with Gasteiger partial charge >= 0.3 is 5.97 Å². The van der Waals surface area contributed by atoms with E-state index < -0.39 is 27.9 Å². The summed E-state index contributed by atoms with van der Waals surface area (Å²) in [5.41, 5.74) is 0.647. The molecule has 2 rings (SSSR count). The molecule has 1 atom stereocenters. The standard InChI is InChI=1S/C18H26N2O6S/c1-3-4-5-15(18(22)23)19-17(21)14-7-6-13(2)16(12-14)27(24,25)20-8-10-26-11-9-20/h6-7,12,15H,3-5,8-11H2,1-2H3,(H,19,21)(H,22,23). The maximum atomic E-state index is 12.9. The predicted octanol–water partition coefficient (Wildman–Crippen LogP) is 1.39. The summed E-state index contributed by atoms with van der Waals surface area (Å²) in [6.45, 7) is 4.78. The number of hydrogen-bond acceptors (Lipinski definition) is 5. The van der Waals surface area contributed by atoms with Gasteiger partial charge in [0.1, 0.15) is 6.04 Å². The number of carbonyl (C=O) groups excluding carboxylic acids is 1. The van der Waals surface area contributed by atoms with E-state index in [-0.39, 0.29) is 23.5 Å². The van der Waals surface area contributed by atoms with Gasteiger partial charge in [0.2, 0.25) is 10.0 Å². The van der Waals surface area contributed by atoms with E-state index in [0.717, 1.165) is 6.42 Å². The van der Waals surface area contributed by atoms with Crippen LogP contribution in [0.15, 0.2) is 23.1 Å². The molecule has 0 bridgehead atoms. The lowest BCUT2D eigenvalue weighted by Gasteiger charge is -2.26. The van der Waals surface area contributed by atoms with Crippen LogP contribution in [0.3, 0.4) is 0 Å². The van der Waals surface area contributed by atoms with Gasteiger partial charge in [-0.1, -0.05) is 25.8 Å². The molecular formula is C18H26N2O6S. The van der Waals surface area contributed by atoms with E-state index in [1.165, 1.54) is 16.4 Å². The zero-order chi connectivity index (χ0) is 20.0. The van der Waals surface area contributed by atoms with Crippen LogP contribution in [-0.4, -0.2) is 62.1 Å². The summed E-state index contributed by atoms with van der Waals surface area (Å²) in [5.74, 6) is -1.71. The van der Waals surface area contributed by atoms with Crippen molar-refractivity contribution in [2.75, 3.05) is 26.3 Å². The maximum Gasteiger partial charge on any atom is 0.326 e. The Morgan fingerprint density at radius 1 is 1.30 bits per heavy atom. The zero-order valence-corrected chi connectivity index (χ0v) is 16.4. The molecule has 150 valence electrons. The van der Waals surface area contributed by atoms with Crippen molar-refractivity contribution >= 4 is 21.9 Å². The average molecular weight is 398 g/mol. The average Bonchev–Trinajstić information content (AvgIpc) is 2.65. The third-order valence-electron chi connectivity index (χ3n) is 4.49. The van der Waals surface area contributed by atoms with Gasteiger partial charge in [0.15, 0.2) is 0 Å². The van der Waals surface area contributed by atoms with E-state index in [1.54, 1.807) is 13.0 Å². The molecule has 0 aromatic heterocycles. The van der Waals surface area contributed by atoms with Crippen molar-refractivity contribution in [1.29, 1.82) is 0 Å². The molecule has 1 unspecified atom stereocenters. The molecule has 0 saturated carbocycles. The predicted molar refractivity (Wildman–Crippen MR) is 99.2 cm³/mol. The number of morpholine rings is 1. The van der Waals surface area contributed by atoms with Crippen LogP contribution >= 0.6 is 0 Å². The van der Waals surface area contributed by atoms with Gasteiger partial charge in [-0.05, 0) is 31.0 Å². The Kier molecular flexibility index (Phi) is 7.34. The SMILES string of the molecule is CCCCC(NC(=O)c1ccc(C)c(S(=O)(=O)N2CCOCC2)c1)C(=O)O. The van der Waals surface area contributed by atoms with Gasteiger partial charge in [0.25, 0.3) is 5.91 Å². The van der Waals surface area contributed by atoms with E-state index in [9.17, 15) is 23.1 Å². The summed E-state index contributed by atoms with van der Waals surface area (Å²) in [6, 6.07) is 3.37. The molecular weight excluding hydrogens is 372 g/mol. The number of unbranched alkanes of at least 4 members (excludes halogenated alkanes) is 1. The fourth-order valence-electron chi connectivity index (χ4n) is 2.85. The van der Waals surface area contributed by atoms with Gasteiger partial charge in [0, 0.05) is 18.7 Å². The number of carbonyl (C=O) groups is 2. The normalized spacial score (nSPS) is 16.7. The van der Waals surface area contributed by atoms with E-state index in [2.05, 4.69) is 5.32 Å². The van der Waals surface area contributed by atoms with Crippen molar-refractivity contribution in [2.45, 2.75) is 44.0 Å². The second-order valence-electron chi connectivity index (χ2n) is 6.50. The van der Waals surface area contributed by atoms with E-state index in [0.29, 0.717) is 31.6 Å². The molecule has 0 aliphatic carbocycles. The molecule has 8 nitrogen and oxygen atoms in total. The van der Waals surface area contributed by atoms with Crippen LogP contribution in [0.1, 0.15) is 42.1 Å². The number of aliphatic carboxylic acids is 1. The molecule has 1 amide bonds. The summed E-state index contributed by atoms with van der Waals surface area (Å²) in [4.78, 5) is 23.9. The Morgan fingerprint density at radius 3 is 2.56 bits per heavy atom. The van der Waals surface area contributed by atoms with Crippen LogP contribution < -0.4 is 5.32 Å². The number of carboxylic acids is 1. The molecule has 1 aromatic rings. The largest absolute Gasteiger partial charge is 0.480 e. The van der Waals surface area contributed by atoms with Crippen LogP contribution in [0.25, 0.3) is 0 Å². The maximum absolute atomic E-state index is 12.9. The Labute approximate surface area is 159 Å². The van der Waals surface area contributed by atoms with Gasteiger partial charge in [0.05, 0.1) is 18.1 Å². The van der Waals surface area contributed by atoms with Crippen molar-refractivity contribution < 1.29 is 27.9 Å². The lowest BCUT2D eigenvalue weighted by molar-refractivity contribution is -0.139. The number of sulfonamides is 1. The fraction of sp³-hybridized carbons (Fsp3) is 0.556. The first-order valence-corrected chi connectivity index (χ1v) is 10.4. The Balaban J connectivity index is 2.25. The minimum absolute atomic E-state index is 0.0532. The van der Waals surface area contributed by atoms with Crippen LogP contribution in [0.4, 0.5) is 0 Å². The Hall–Kier alpha value is -1.97. The number of nitrogens with one attached hydrogen (secondary N) is 1.